The van der Waals surface area contributed by atoms with Gasteiger partial charge in [0.25, 0.3) is 0 Å². The molecular weight excluding hydrogens is 300 g/mol. The van der Waals surface area contributed by atoms with E-state index in [4.69, 9.17) is 0 Å². The fourth-order valence-electron chi connectivity index (χ4n) is 1.82. The molecule has 1 aromatic carbocycles. The molecule has 0 spiro atoms. The van der Waals surface area contributed by atoms with E-state index in [9.17, 15) is 8.42 Å². The Labute approximate surface area is 112 Å². The lowest BCUT2D eigenvalue weighted by Gasteiger charge is -2.08. The van der Waals surface area contributed by atoms with Gasteiger partial charge in [0.15, 0.2) is 9.84 Å². The molecule has 4 heteroatoms. The summed E-state index contributed by atoms with van der Waals surface area (Å²) in [4.78, 5) is 0.488. The third-order valence-corrected chi connectivity index (χ3v) is 5.23. The first kappa shape index (κ1) is 14.7. The van der Waals surface area contributed by atoms with E-state index in [1.165, 1.54) is 0 Å². The SMILES string of the molecule is Cc1ccc(S(=O)(=O)CCCCCBr)c(C)c1. The molecule has 1 rings (SSSR count). The molecule has 0 amide bonds. The number of halogens is 1. The summed E-state index contributed by atoms with van der Waals surface area (Å²) in [5.74, 6) is 0.254. The van der Waals surface area contributed by atoms with E-state index in [0.717, 1.165) is 35.7 Å². The smallest absolute Gasteiger partial charge is 0.178 e. The molecule has 0 aromatic heterocycles. The third-order valence-electron chi connectivity index (χ3n) is 2.71. The van der Waals surface area contributed by atoms with Crippen LogP contribution in [0, 0.1) is 13.8 Å². The van der Waals surface area contributed by atoms with Gasteiger partial charge in [0.1, 0.15) is 0 Å². The molecule has 17 heavy (non-hydrogen) atoms. The van der Waals surface area contributed by atoms with E-state index >= 15 is 0 Å². The van der Waals surface area contributed by atoms with E-state index in [-0.39, 0.29) is 5.75 Å². The summed E-state index contributed by atoms with van der Waals surface area (Å²) in [6.45, 7) is 3.83. The lowest BCUT2D eigenvalue weighted by molar-refractivity contribution is 0.590. The van der Waals surface area contributed by atoms with Crippen LogP contribution >= 0.6 is 15.9 Å². The Morgan fingerprint density at radius 2 is 1.82 bits per heavy atom. The molecule has 0 heterocycles. The predicted octanol–water partition coefficient (Wildman–Crippen LogP) is 3.64. The van der Waals surface area contributed by atoms with Gasteiger partial charge in [-0.1, -0.05) is 40.0 Å². The number of aryl methyl sites for hydroxylation is 2. The van der Waals surface area contributed by atoms with Crippen molar-refractivity contribution in [3.63, 3.8) is 0 Å². The molecule has 0 N–H and O–H groups in total. The highest BCUT2D eigenvalue weighted by Crippen LogP contribution is 2.19. The monoisotopic (exact) mass is 318 g/mol. The van der Waals surface area contributed by atoms with Gasteiger partial charge >= 0.3 is 0 Å². The summed E-state index contributed by atoms with van der Waals surface area (Å²) in [5, 5.41) is 0.941. The van der Waals surface area contributed by atoms with Crippen LogP contribution in [-0.2, 0) is 9.84 Å². The molecule has 0 atom stereocenters. The Balaban J connectivity index is 2.76. The van der Waals surface area contributed by atoms with Crippen LogP contribution in [0.4, 0.5) is 0 Å². The van der Waals surface area contributed by atoms with Gasteiger partial charge in [-0.15, -0.1) is 0 Å². The average molecular weight is 319 g/mol. The van der Waals surface area contributed by atoms with Crippen molar-refractivity contribution in [3.8, 4) is 0 Å². The van der Waals surface area contributed by atoms with Crippen LogP contribution in [0.2, 0.25) is 0 Å². The van der Waals surface area contributed by atoms with Crippen LogP contribution in [0.1, 0.15) is 30.4 Å². The molecule has 0 aliphatic rings. The molecule has 0 fully saturated rings. The Kier molecular flexibility index (Phi) is 5.67. The van der Waals surface area contributed by atoms with Crippen molar-refractivity contribution in [3.05, 3.63) is 29.3 Å². The van der Waals surface area contributed by atoms with Crippen LogP contribution < -0.4 is 0 Å². The van der Waals surface area contributed by atoms with Gasteiger partial charge in [-0.25, -0.2) is 8.42 Å². The highest BCUT2D eigenvalue weighted by molar-refractivity contribution is 9.09. The summed E-state index contributed by atoms with van der Waals surface area (Å²) in [7, 11) is -3.10. The maximum absolute atomic E-state index is 12.1. The highest BCUT2D eigenvalue weighted by Gasteiger charge is 2.16. The normalized spacial score (nSPS) is 11.7. The number of sulfone groups is 1. The van der Waals surface area contributed by atoms with Gasteiger partial charge in [-0.2, -0.15) is 0 Å². The number of rotatable bonds is 6. The summed E-state index contributed by atoms with van der Waals surface area (Å²) >= 11 is 3.35. The minimum Gasteiger partial charge on any atom is -0.224 e. The lowest BCUT2D eigenvalue weighted by atomic mass is 10.2. The summed E-state index contributed by atoms with van der Waals surface area (Å²) in [5.41, 5.74) is 1.95. The Bertz CT molecular complexity index is 466. The Morgan fingerprint density at radius 3 is 2.41 bits per heavy atom. The molecule has 2 nitrogen and oxygen atoms in total. The molecule has 0 bridgehead atoms. The lowest BCUT2D eigenvalue weighted by Crippen LogP contribution is -2.08. The first-order valence-corrected chi connectivity index (χ1v) is 8.61. The van der Waals surface area contributed by atoms with Crippen molar-refractivity contribution >= 4 is 25.8 Å². The minimum absolute atomic E-state index is 0.254. The largest absolute Gasteiger partial charge is 0.224 e. The second-order valence-electron chi connectivity index (χ2n) is 4.34. The van der Waals surface area contributed by atoms with Gasteiger partial charge in [-0.05, 0) is 38.3 Å². The second kappa shape index (κ2) is 6.55. The van der Waals surface area contributed by atoms with Crippen molar-refractivity contribution in [1.29, 1.82) is 0 Å². The zero-order chi connectivity index (χ0) is 12.9. The number of benzene rings is 1. The maximum atomic E-state index is 12.1. The van der Waals surface area contributed by atoms with E-state index in [0.29, 0.717) is 4.90 Å². The molecule has 0 unspecified atom stereocenters. The summed E-state index contributed by atoms with van der Waals surface area (Å²) < 4.78 is 24.2. The van der Waals surface area contributed by atoms with Gasteiger partial charge in [0, 0.05) is 5.33 Å². The van der Waals surface area contributed by atoms with Gasteiger partial charge in [0.2, 0.25) is 0 Å². The molecular formula is C13H19BrO2S. The third kappa shape index (κ3) is 4.43. The standard InChI is InChI=1S/C13H19BrO2S/c1-11-6-7-13(12(2)10-11)17(15,16)9-5-3-4-8-14/h6-7,10H,3-5,8-9H2,1-2H3. The number of unbranched alkanes of at least 4 members (excludes halogenated alkanes) is 2. The van der Waals surface area contributed by atoms with E-state index in [1.54, 1.807) is 6.07 Å². The highest BCUT2D eigenvalue weighted by atomic mass is 79.9. The first-order chi connectivity index (χ1) is 7.97. The van der Waals surface area contributed by atoms with Gasteiger partial charge in [0.05, 0.1) is 10.6 Å². The fraction of sp³-hybridized carbons (Fsp3) is 0.538. The molecule has 0 aliphatic heterocycles. The van der Waals surface area contributed by atoms with Crippen molar-refractivity contribution in [2.45, 2.75) is 38.0 Å². The van der Waals surface area contributed by atoms with Crippen molar-refractivity contribution in [1.82, 2.24) is 0 Å². The van der Waals surface area contributed by atoms with Crippen LogP contribution in [0.5, 0.6) is 0 Å². The second-order valence-corrected chi connectivity index (χ2v) is 7.21. The van der Waals surface area contributed by atoms with Crippen LogP contribution in [0.15, 0.2) is 23.1 Å². The molecule has 0 radical (unpaired) electrons. The average Bonchev–Trinajstić information content (AvgIpc) is 2.24. The van der Waals surface area contributed by atoms with Crippen LogP contribution in [0.3, 0.4) is 0 Å². The van der Waals surface area contributed by atoms with Crippen LogP contribution in [-0.4, -0.2) is 19.5 Å². The van der Waals surface area contributed by atoms with Crippen LogP contribution in [0.25, 0.3) is 0 Å². The molecule has 1 aromatic rings. The number of alkyl halides is 1. The predicted molar refractivity (Wildman–Crippen MR) is 75.6 cm³/mol. The quantitative estimate of drug-likeness (QED) is 0.592. The van der Waals surface area contributed by atoms with Gasteiger partial charge in [-0.3, -0.25) is 0 Å². The van der Waals surface area contributed by atoms with Crippen molar-refractivity contribution in [2.24, 2.45) is 0 Å². The minimum atomic E-state index is -3.10. The summed E-state index contributed by atoms with van der Waals surface area (Å²) in [6.07, 6.45) is 2.72. The van der Waals surface area contributed by atoms with E-state index in [1.807, 2.05) is 26.0 Å². The maximum Gasteiger partial charge on any atom is 0.178 e. The van der Waals surface area contributed by atoms with E-state index < -0.39 is 9.84 Å². The fourth-order valence-corrected chi connectivity index (χ4v) is 3.85. The van der Waals surface area contributed by atoms with Crippen molar-refractivity contribution < 1.29 is 8.42 Å². The Hall–Kier alpha value is -0.350. The molecule has 0 saturated carbocycles. The zero-order valence-corrected chi connectivity index (χ0v) is 12.8. The zero-order valence-electron chi connectivity index (χ0n) is 10.4. The first-order valence-electron chi connectivity index (χ1n) is 5.83. The topological polar surface area (TPSA) is 34.1 Å². The molecule has 0 saturated heterocycles. The number of hydrogen-bond donors (Lipinski definition) is 0. The molecule has 96 valence electrons. The number of hydrogen-bond acceptors (Lipinski definition) is 2. The Morgan fingerprint density at radius 1 is 1.12 bits per heavy atom. The van der Waals surface area contributed by atoms with E-state index in [2.05, 4.69) is 15.9 Å². The van der Waals surface area contributed by atoms with Crippen molar-refractivity contribution in [2.75, 3.05) is 11.1 Å². The molecule has 0 aliphatic carbocycles. The van der Waals surface area contributed by atoms with Gasteiger partial charge < -0.3 is 0 Å². The summed E-state index contributed by atoms with van der Waals surface area (Å²) in [6, 6.07) is 5.51.